The van der Waals surface area contributed by atoms with E-state index in [1.165, 1.54) is 101 Å². The molecule has 0 fully saturated rings. The topological polar surface area (TPSA) is 86.5 Å². The lowest BCUT2D eigenvalue weighted by Crippen LogP contribution is -2.10. The van der Waals surface area contributed by atoms with Gasteiger partial charge in [0, 0.05) is 6.07 Å². The summed E-state index contributed by atoms with van der Waals surface area (Å²) in [5.41, 5.74) is -0.450. The van der Waals surface area contributed by atoms with E-state index in [9.17, 15) is 18.5 Å². The molecule has 7 heteroatoms. The van der Waals surface area contributed by atoms with E-state index in [0.29, 0.717) is 6.42 Å². The number of nitro benzene ring substituents is 1. The summed E-state index contributed by atoms with van der Waals surface area (Å²) in [7, 11) is -4.10. The van der Waals surface area contributed by atoms with Crippen LogP contribution >= 0.6 is 0 Å². The Morgan fingerprint density at radius 3 is 1.61 bits per heavy atom. The zero-order chi connectivity index (χ0) is 22.8. The smallest absolute Gasteiger partial charge is 0.266 e. The van der Waals surface area contributed by atoms with Gasteiger partial charge in [-0.15, -0.1) is 0 Å². The fourth-order valence-electron chi connectivity index (χ4n) is 3.70. The summed E-state index contributed by atoms with van der Waals surface area (Å²) in [6.45, 7) is 2.32. The number of para-hydroxylation sites is 1. The highest BCUT2D eigenvalue weighted by Gasteiger charge is 2.25. The van der Waals surface area contributed by atoms with Gasteiger partial charge in [-0.2, -0.15) is 8.42 Å². The average molecular weight is 456 g/mol. The summed E-state index contributed by atoms with van der Waals surface area (Å²) >= 11 is 0. The van der Waals surface area contributed by atoms with Crippen molar-refractivity contribution in [3.63, 3.8) is 0 Å². The summed E-state index contributed by atoms with van der Waals surface area (Å²) in [5.74, 6) is 0. The molecule has 0 saturated heterocycles. The summed E-state index contributed by atoms with van der Waals surface area (Å²) in [4.78, 5) is 9.91. The molecule has 1 aromatic rings. The Bertz CT molecular complexity index is 706. The predicted octanol–water partition coefficient (Wildman–Crippen LogP) is 7.56. The number of hydrogen-bond donors (Lipinski definition) is 0. The summed E-state index contributed by atoms with van der Waals surface area (Å²) < 4.78 is 29.4. The largest absolute Gasteiger partial charge is 0.303 e. The van der Waals surface area contributed by atoms with Crippen LogP contribution in [0, 0.1) is 10.1 Å². The molecule has 0 radical (unpaired) electrons. The van der Waals surface area contributed by atoms with E-state index in [1.807, 2.05) is 0 Å². The summed E-state index contributed by atoms with van der Waals surface area (Å²) in [6, 6.07) is 5.27. The first kappa shape index (κ1) is 27.6. The van der Waals surface area contributed by atoms with Crippen molar-refractivity contribution in [1.82, 2.24) is 0 Å². The number of hydrogen-bond acceptors (Lipinski definition) is 5. The van der Waals surface area contributed by atoms with E-state index in [-0.39, 0.29) is 11.5 Å². The van der Waals surface area contributed by atoms with Crippen molar-refractivity contribution in [3.8, 4) is 0 Å². The van der Waals surface area contributed by atoms with Crippen molar-refractivity contribution < 1.29 is 17.5 Å². The van der Waals surface area contributed by atoms with E-state index in [4.69, 9.17) is 4.18 Å². The first-order chi connectivity index (χ1) is 15.0. The Balaban J connectivity index is 1.97. The Morgan fingerprint density at radius 2 is 1.16 bits per heavy atom. The highest BCUT2D eigenvalue weighted by molar-refractivity contribution is 7.87. The normalized spacial score (nSPS) is 11.6. The standard InChI is InChI=1S/C24H41NO5S/c1-2-3-4-5-6-7-8-9-10-11-12-13-14-15-16-19-22-30-31(28,29)24-21-18-17-20-23(24)25(26)27/h17-18,20-21H,2-16,19,22H2,1H3. The van der Waals surface area contributed by atoms with E-state index in [1.54, 1.807) is 0 Å². The van der Waals surface area contributed by atoms with E-state index < -0.39 is 20.7 Å². The van der Waals surface area contributed by atoms with Gasteiger partial charge in [0.05, 0.1) is 11.5 Å². The van der Waals surface area contributed by atoms with E-state index >= 15 is 0 Å². The van der Waals surface area contributed by atoms with Crippen LogP contribution in [0.25, 0.3) is 0 Å². The molecule has 0 spiro atoms. The molecule has 0 aliphatic carbocycles. The van der Waals surface area contributed by atoms with Crippen molar-refractivity contribution in [2.24, 2.45) is 0 Å². The maximum Gasteiger partial charge on any atom is 0.303 e. The quantitative estimate of drug-likeness (QED) is 0.0876. The third-order valence-electron chi connectivity index (χ3n) is 5.57. The Hall–Kier alpha value is -1.47. The molecule has 0 aromatic heterocycles. The molecule has 0 heterocycles. The van der Waals surface area contributed by atoms with Gasteiger partial charge in [0.2, 0.25) is 0 Å². The van der Waals surface area contributed by atoms with Crippen molar-refractivity contribution in [2.45, 2.75) is 115 Å². The van der Waals surface area contributed by atoms with Crippen LogP contribution in [-0.2, 0) is 14.3 Å². The van der Waals surface area contributed by atoms with Gasteiger partial charge in [-0.3, -0.25) is 14.3 Å². The molecule has 0 amide bonds. The molecule has 0 aliphatic heterocycles. The minimum absolute atomic E-state index is 0.0623. The Kier molecular flexibility index (Phi) is 15.2. The molecule has 31 heavy (non-hydrogen) atoms. The van der Waals surface area contributed by atoms with Crippen molar-refractivity contribution >= 4 is 15.8 Å². The number of nitrogens with zero attached hydrogens (tertiary/aromatic N) is 1. The van der Waals surface area contributed by atoms with Gasteiger partial charge in [0.15, 0.2) is 4.90 Å². The zero-order valence-electron chi connectivity index (χ0n) is 19.2. The monoisotopic (exact) mass is 455 g/mol. The second kappa shape index (κ2) is 17.1. The highest BCUT2D eigenvalue weighted by atomic mass is 32.2. The zero-order valence-corrected chi connectivity index (χ0v) is 20.0. The van der Waals surface area contributed by atoms with Gasteiger partial charge < -0.3 is 0 Å². The lowest BCUT2D eigenvalue weighted by Gasteiger charge is -2.06. The van der Waals surface area contributed by atoms with Crippen LogP contribution in [-0.4, -0.2) is 19.9 Å². The molecule has 0 aliphatic rings. The first-order valence-electron chi connectivity index (χ1n) is 12.1. The average Bonchev–Trinajstić information content (AvgIpc) is 2.76. The Morgan fingerprint density at radius 1 is 0.742 bits per heavy atom. The molecule has 0 unspecified atom stereocenters. The molecule has 0 bridgehead atoms. The minimum atomic E-state index is -4.10. The number of nitro groups is 1. The van der Waals surface area contributed by atoms with Crippen molar-refractivity contribution in [3.05, 3.63) is 34.4 Å². The third kappa shape index (κ3) is 12.9. The minimum Gasteiger partial charge on any atom is -0.266 e. The predicted molar refractivity (Wildman–Crippen MR) is 126 cm³/mol. The van der Waals surface area contributed by atoms with Gasteiger partial charge in [-0.25, -0.2) is 0 Å². The summed E-state index contributed by atoms with van der Waals surface area (Å²) in [5, 5.41) is 11.0. The van der Waals surface area contributed by atoms with Crippen molar-refractivity contribution in [1.29, 1.82) is 0 Å². The number of rotatable bonds is 20. The molecule has 1 aromatic carbocycles. The Labute approximate surface area is 189 Å². The first-order valence-corrected chi connectivity index (χ1v) is 13.5. The SMILES string of the molecule is CCCCCCCCCCCCCCCCCCOS(=O)(=O)c1ccccc1[N+](=O)[O-]. The van der Waals surface area contributed by atoms with Crippen LogP contribution in [0.1, 0.15) is 110 Å². The third-order valence-corrected chi connectivity index (χ3v) is 6.93. The van der Waals surface area contributed by atoms with Gasteiger partial charge >= 0.3 is 10.1 Å². The van der Waals surface area contributed by atoms with Crippen LogP contribution in [0.2, 0.25) is 0 Å². The van der Waals surface area contributed by atoms with E-state index in [2.05, 4.69) is 6.92 Å². The molecule has 0 saturated carbocycles. The lowest BCUT2D eigenvalue weighted by molar-refractivity contribution is -0.387. The van der Waals surface area contributed by atoms with Crippen LogP contribution < -0.4 is 0 Å². The molecule has 1 rings (SSSR count). The van der Waals surface area contributed by atoms with Crippen molar-refractivity contribution in [2.75, 3.05) is 6.61 Å². The molecule has 6 nitrogen and oxygen atoms in total. The molecular weight excluding hydrogens is 414 g/mol. The van der Waals surface area contributed by atoms with Crippen LogP contribution in [0.3, 0.4) is 0 Å². The fraction of sp³-hybridized carbons (Fsp3) is 0.750. The second-order valence-electron chi connectivity index (χ2n) is 8.30. The van der Waals surface area contributed by atoms with Crippen LogP contribution in [0.5, 0.6) is 0 Å². The number of benzene rings is 1. The maximum atomic E-state index is 12.2. The van der Waals surface area contributed by atoms with E-state index in [0.717, 1.165) is 19.3 Å². The molecule has 178 valence electrons. The van der Waals surface area contributed by atoms with Gasteiger partial charge in [0.1, 0.15) is 0 Å². The lowest BCUT2D eigenvalue weighted by atomic mass is 10.0. The molecule has 0 N–H and O–H groups in total. The fourth-order valence-corrected chi connectivity index (χ4v) is 4.81. The summed E-state index contributed by atoms with van der Waals surface area (Å²) in [6.07, 6.45) is 19.9. The highest BCUT2D eigenvalue weighted by Crippen LogP contribution is 2.24. The van der Waals surface area contributed by atoms with Gasteiger partial charge in [-0.1, -0.05) is 115 Å². The second-order valence-corrected chi connectivity index (χ2v) is 9.89. The van der Waals surface area contributed by atoms with Gasteiger partial charge in [-0.05, 0) is 12.5 Å². The van der Waals surface area contributed by atoms with Gasteiger partial charge in [0.25, 0.3) is 5.69 Å². The van der Waals surface area contributed by atoms with Crippen LogP contribution in [0.15, 0.2) is 29.2 Å². The number of unbranched alkanes of at least 4 members (excludes halogenated alkanes) is 15. The molecule has 0 atom stereocenters. The maximum absolute atomic E-state index is 12.2. The molecular formula is C24H41NO5S. The van der Waals surface area contributed by atoms with Crippen LogP contribution in [0.4, 0.5) is 5.69 Å².